The molecule has 1 aromatic rings. The summed E-state index contributed by atoms with van der Waals surface area (Å²) in [5, 5.41) is 56.8. The lowest BCUT2D eigenvalue weighted by Crippen LogP contribution is -2.60. The van der Waals surface area contributed by atoms with Gasteiger partial charge in [0.15, 0.2) is 11.5 Å². The third-order valence-electron chi connectivity index (χ3n) is 3.49. The summed E-state index contributed by atoms with van der Waals surface area (Å²) >= 11 is 0. The molecule has 132 valence electrons. The van der Waals surface area contributed by atoms with Crippen molar-refractivity contribution in [2.45, 2.75) is 30.7 Å². The van der Waals surface area contributed by atoms with Gasteiger partial charge in [-0.05, 0) is 23.8 Å². The molecule has 9 nitrogen and oxygen atoms in total. The third kappa shape index (κ3) is 4.02. The Labute approximate surface area is 136 Å². The Kier molecular flexibility index (Phi) is 5.75. The number of carboxylic acids is 1. The molecule has 1 fully saturated rings. The summed E-state index contributed by atoms with van der Waals surface area (Å²) in [5.41, 5.74) is 0.399. The second kappa shape index (κ2) is 7.60. The summed E-state index contributed by atoms with van der Waals surface area (Å²) in [6, 6.07) is 4.01. The van der Waals surface area contributed by atoms with Crippen LogP contribution in [0.15, 0.2) is 24.3 Å². The van der Waals surface area contributed by atoms with Gasteiger partial charge in [-0.2, -0.15) is 0 Å². The van der Waals surface area contributed by atoms with E-state index >= 15 is 0 Å². The maximum atomic E-state index is 10.5. The number of aliphatic carboxylic acids is 1. The van der Waals surface area contributed by atoms with E-state index in [1.165, 1.54) is 24.3 Å². The van der Waals surface area contributed by atoms with Crippen LogP contribution in [0.2, 0.25) is 0 Å². The Bertz CT molecular complexity index is 613. The van der Waals surface area contributed by atoms with Gasteiger partial charge in [-0.1, -0.05) is 6.07 Å². The minimum absolute atomic E-state index is 0.0909. The van der Waals surface area contributed by atoms with Crippen molar-refractivity contribution >= 4 is 12.0 Å². The van der Waals surface area contributed by atoms with E-state index in [1.807, 2.05) is 0 Å². The molecule has 0 unspecified atom stereocenters. The highest BCUT2D eigenvalue weighted by Gasteiger charge is 2.44. The van der Waals surface area contributed by atoms with E-state index in [0.29, 0.717) is 5.56 Å². The maximum Gasteiger partial charge on any atom is 0.328 e. The number of hydrogen-bond donors (Lipinski definition) is 6. The Morgan fingerprint density at radius 2 is 1.92 bits per heavy atom. The molecule has 9 heteroatoms. The third-order valence-corrected chi connectivity index (χ3v) is 3.49. The molecule has 1 heterocycles. The van der Waals surface area contributed by atoms with Crippen molar-refractivity contribution in [3.05, 3.63) is 29.8 Å². The van der Waals surface area contributed by atoms with Crippen LogP contribution in [-0.2, 0) is 9.53 Å². The standard InChI is InChI=1S/C15H18O9/c16-6-10-12(20)13(21)14(22)15(24-10)23-9-3-1-7(5-8(9)17)2-4-11(18)19/h1-5,10,12-17,20-22H,6H2,(H,18,19)/b4-2+/t10-,12-,13+,14-,15-/m1/s1. The number of carboxylic acid groups (broad SMARTS) is 1. The lowest BCUT2D eigenvalue weighted by atomic mass is 9.99. The highest BCUT2D eigenvalue weighted by Crippen LogP contribution is 2.31. The number of aliphatic hydroxyl groups is 4. The maximum absolute atomic E-state index is 10.5. The number of aliphatic hydroxyl groups excluding tert-OH is 4. The average molecular weight is 342 g/mol. The van der Waals surface area contributed by atoms with E-state index in [-0.39, 0.29) is 11.5 Å². The van der Waals surface area contributed by atoms with Crippen molar-refractivity contribution in [2.75, 3.05) is 6.61 Å². The first-order chi connectivity index (χ1) is 11.3. The van der Waals surface area contributed by atoms with Crippen LogP contribution in [0.3, 0.4) is 0 Å². The normalized spacial score (nSPS) is 30.4. The highest BCUT2D eigenvalue weighted by molar-refractivity contribution is 5.85. The smallest absolute Gasteiger partial charge is 0.328 e. The highest BCUT2D eigenvalue weighted by atomic mass is 16.7. The summed E-state index contributed by atoms with van der Waals surface area (Å²) in [6.07, 6.45) is -5.11. The summed E-state index contributed by atoms with van der Waals surface area (Å²) in [6.45, 7) is -0.601. The van der Waals surface area contributed by atoms with Crippen molar-refractivity contribution in [1.29, 1.82) is 0 Å². The van der Waals surface area contributed by atoms with E-state index in [2.05, 4.69) is 0 Å². The molecule has 1 saturated heterocycles. The molecule has 2 rings (SSSR count). The average Bonchev–Trinajstić information content (AvgIpc) is 2.55. The summed E-state index contributed by atoms with van der Waals surface area (Å²) in [7, 11) is 0. The monoisotopic (exact) mass is 342 g/mol. The van der Waals surface area contributed by atoms with Crippen LogP contribution >= 0.6 is 0 Å². The minimum atomic E-state index is -1.60. The fraction of sp³-hybridized carbons (Fsp3) is 0.400. The van der Waals surface area contributed by atoms with Gasteiger partial charge >= 0.3 is 5.97 Å². The van der Waals surface area contributed by atoms with Crippen LogP contribution in [0.25, 0.3) is 6.08 Å². The van der Waals surface area contributed by atoms with Crippen LogP contribution in [0.4, 0.5) is 0 Å². The Morgan fingerprint density at radius 3 is 2.50 bits per heavy atom. The molecule has 0 amide bonds. The van der Waals surface area contributed by atoms with Crippen LogP contribution < -0.4 is 4.74 Å². The van der Waals surface area contributed by atoms with Crippen LogP contribution in [-0.4, -0.2) is 73.9 Å². The zero-order valence-electron chi connectivity index (χ0n) is 12.4. The number of ether oxygens (including phenoxy) is 2. The molecule has 1 aliphatic heterocycles. The van der Waals surface area contributed by atoms with Gasteiger partial charge < -0.3 is 40.1 Å². The van der Waals surface area contributed by atoms with Gasteiger partial charge in [0.25, 0.3) is 0 Å². The van der Waals surface area contributed by atoms with Crippen LogP contribution in [0, 0.1) is 0 Å². The van der Waals surface area contributed by atoms with E-state index in [0.717, 1.165) is 6.08 Å². The molecule has 1 aliphatic rings. The fourth-order valence-corrected chi connectivity index (χ4v) is 2.20. The molecule has 0 bridgehead atoms. The molecule has 0 radical (unpaired) electrons. The Hall–Kier alpha value is -2.17. The first-order valence-electron chi connectivity index (χ1n) is 7.04. The fourth-order valence-electron chi connectivity index (χ4n) is 2.20. The number of phenolic OH excluding ortho intramolecular Hbond substituents is 1. The summed E-state index contributed by atoms with van der Waals surface area (Å²) in [4.78, 5) is 10.5. The molecule has 1 aromatic carbocycles. The number of carbonyl (C=O) groups is 1. The molecule has 0 spiro atoms. The molecule has 0 aromatic heterocycles. The van der Waals surface area contributed by atoms with Crippen molar-refractivity contribution in [2.24, 2.45) is 0 Å². The lowest BCUT2D eigenvalue weighted by Gasteiger charge is -2.39. The molecule has 0 aliphatic carbocycles. The Balaban J connectivity index is 2.13. The number of phenols is 1. The predicted octanol–water partition coefficient (Wildman–Crippen LogP) is -1.33. The van der Waals surface area contributed by atoms with Gasteiger partial charge in [0.2, 0.25) is 6.29 Å². The predicted molar refractivity (Wildman–Crippen MR) is 79.2 cm³/mol. The molecular weight excluding hydrogens is 324 g/mol. The quantitative estimate of drug-likeness (QED) is 0.357. The van der Waals surface area contributed by atoms with E-state index < -0.39 is 43.3 Å². The Morgan fingerprint density at radius 1 is 1.21 bits per heavy atom. The number of aromatic hydroxyl groups is 1. The zero-order valence-corrected chi connectivity index (χ0v) is 12.4. The minimum Gasteiger partial charge on any atom is -0.504 e. The van der Waals surface area contributed by atoms with Crippen molar-refractivity contribution in [3.8, 4) is 11.5 Å². The van der Waals surface area contributed by atoms with Crippen molar-refractivity contribution < 1.29 is 44.9 Å². The summed E-state index contributed by atoms with van der Waals surface area (Å²) < 4.78 is 10.4. The number of hydrogen-bond acceptors (Lipinski definition) is 8. The molecular formula is C15H18O9. The number of benzene rings is 1. The SMILES string of the molecule is O=C(O)/C=C/c1ccc(O[C@@H]2O[C@H](CO)[C@@H](O)[C@H](O)[C@H]2O)c(O)c1. The van der Waals surface area contributed by atoms with E-state index in [4.69, 9.17) is 19.7 Å². The van der Waals surface area contributed by atoms with E-state index in [1.54, 1.807) is 0 Å². The zero-order chi connectivity index (χ0) is 17.9. The van der Waals surface area contributed by atoms with Gasteiger partial charge in [-0.3, -0.25) is 0 Å². The van der Waals surface area contributed by atoms with Gasteiger partial charge in [-0.25, -0.2) is 4.79 Å². The summed E-state index contributed by atoms with van der Waals surface area (Å²) in [5.74, 6) is -1.58. The topological polar surface area (TPSA) is 157 Å². The molecule has 24 heavy (non-hydrogen) atoms. The molecule has 6 N–H and O–H groups in total. The van der Waals surface area contributed by atoms with Crippen LogP contribution in [0.1, 0.15) is 5.56 Å². The lowest BCUT2D eigenvalue weighted by molar-refractivity contribution is -0.277. The van der Waals surface area contributed by atoms with Crippen molar-refractivity contribution in [3.63, 3.8) is 0 Å². The first kappa shape index (κ1) is 18.2. The van der Waals surface area contributed by atoms with E-state index in [9.17, 15) is 25.2 Å². The molecule has 0 saturated carbocycles. The molecule has 5 atom stereocenters. The van der Waals surface area contributed by atoms with Gasteiger partial charge in [0.1, 0.15) is 24.4 Å². The largest absolute Gasteiger partial charge is 0.504 e. The number of rotatable bonds is 5. The first-order valence-corrected chi connectivity index (χ1v) is 7.04. The second-order valence-corrected chi connectivity index (χ2v) is 5.21. The van der Waals surface area contributed by atoms with Crippen LogP contribution in [0.5, 0.6) is 11.5 Å². The van der Waals surface area contributed by atoms with Gasteiger partial charge in [0.05, 0.1) is 6.61 Å². The van der Waals surface area contributed by atoms with Crippen molar-refractivity contribution in [1.82, 2.24) is 0 Å². The van der Waals surface area contributed by atoms with Gasteiger partial charge in [0, 0.05) is 6.08 Å². The van der Waals surface area contributed by atoms with Gasteiger partial charge in [-0.15, -0.1) is 0 Å². The second-order valence-electron chi connectivity index (χ2n) is 5.21.